The van der Waals surface area contributed by atoms with Crippen molar-refractivity contribution in [1.82, 2.24) is 0 Å². The largest absolute Gasteiger partial charge is 0.481 e. The molecule has 0 heterocycles. The lowest BCUT2D eigenvalue weighted by Crippen LogP contribution is -1.92. The van der Waals surface area contributed by atoms with Gasteiger partial charge in [-0.15, -0.1) is 0 Å². The van der Waals surface area contributed by atoms with Crippen LogP contribution in [0, 0.1) is 0 Å². The monoisotopic (exact) mass is 446 g/mol. The van der Waals surface area contributed by atoms with Gasteiger partial charge in [0.1, 0.15) is 0 Å². The van der Waals surface area contributed by atoms with Crippen LogP contribution in [-0.4, -0.2) is 11.1 Å². The Labute approximate surface area is 200 Å². The molecule has 0 rings (SSSR count). The highest BCUT2D eigenvalue weighted by Gasteiger charge is 1.94. The van der Waals surface area contributed by atoms with Gasteiger partial charge in [-0.25, -0.2) is 0 Å². The van der Waals surface area contributed by atoms with Crippen LogP contribution in [0.25, 0.3) is 0 Å². The SMILES string of the molecule is CCCCC=CCCCCCCCCCCCCCCC=CCCC=CCCCC(=O)O. The summed E-state index contributed by atoms with van der Waals surface area (Å²) < 4.78 is 0. The van der Waals surface area contributed by atoms with Gasteiger partial charge in [-0.2, -0.15) is 0 Å². The minimum absolute atomic E-state index is 0.280. The number of allylic oxidation sites excluding steroid dienone is 6. The molecule has 32 heavy (non-hydrogen) atoms. The van der Waals surface area contributed by atoms with Crippen molar-refractivity contribution in [3.05, 3.63) is 36.5 Å². The molecule has 2 nitrogen and oxygen atoms in total. The molecule has 0 saturated carbocycles. The van der Waals surface area contributed by atoms with Crippen LogP contribution in [0.1, 0.15) is 148 Å². The molecule has 2 heteroatoms. The van der Waals surface area contributed by atoms with Gasteiger partial charge in [-0.1, -0.05) is 120 Å². The Bertz CT molecular complexity index is 461. The average Bonchev–Trinajstić information content (AvgIpc) is 2.78. The molecule has 0 amide bonds. The van der Waals surface area contributed by atoms with E-state index < -0.39 is 5.97 Å². The van der Waals surface area contributed by atoms with Gasteiger partial charge in [0.2, 0.25) is 0 Å². The van der Waals surface area contributed by atoms with Gasteiger partial charge in [0, 0.05) is 6.42 Å². The number of hydrogen-bond acceptors (Lipinski definition) is 1. The molecular weight excluding hydrogens is 392 g/mol. The Balaban J connectivity index is 3.16. The van der Waals surface area contributed by atoms with Crippen molar-refractivity contribution in [3.8, 4) is 0 Å². The summed E-state index contributed by atoms with van der Waals surface area (Å²) in [5, 5.41) is 8.57. The molecule has 0 fully saturated rings. The highest BCUT2D eigenvalue weighted by molar-refractivity contribution is 5.66. The molecular formula is C30H54O2. The normalized spacial score (nSPS) is 12.0. The van der Waals surface area contributed by atoms with Gasteiger partial charge in [0.25, 0.3) is 0 Å². The van der Waals surface area contributed by atoms with Crippen LogP contribution in [0.15, 0.2) is 36.5 Å². The van der Waals surface area contributed by atoms with E-state index in [2.05, 4.69) is 43.4 Å². The lowest BCUT2D eigenvalue weighted by Gasteiger charge is -2.02. The zero-order valence-electron chi connectivity index (χ0n) is 21.4. The Morgan fingerprint density at radius 3 is 1.16 bits per heavy atom. The molecule has 0 aliphatic heterocycles. The molecule has 0 aliphatic rings. The van der Waals surface area contributed by atoms with Crippen LogP contribution >= 0.6 is 0 Å². The number of rotatable bonds is 25. The van der Waals surface area contributed by atoms with Crippen molar-refractivity contribution < 1.29 is 9.90 Å². The molecule has 0 aromatic heterocycles. The van der Waals surface area contributed by atoms with Crippen molar-refractivity contribution in [3.63, 3.8) is 0 Å². The van der Waals surface area contributed by atoms with Crippen molar-refractivity contribution in [2.24, 2.45) is 0 Å². The van der Waals surface area contributed by atoms with Crippen molar-refractivity contribution in [1.29, 1.82) is 0 Å². The maximum absolute atomic E-state index is 10.4. The van der Waals surface area contributed by atoms with Crippen LogP contribution in [0.5, 0.6) is 0 Å². The average molecular weight is 447 g/mol. The van der Waals surface area contributed by atoms with E-state index in [0.29, 0.717) is 0 Å². The van der Waals surface area contributed by atoms with E-state index in [1.54, 1.807) is 0 Å². The molecule has 0 saturated heterocycles. The Morgan fingerprint density at radius 2 is 0.781 bits per heavy atom. The van der Waals surface area contributed by atoms with Gasteiger partial charge < -0.3 is 5.11 Å². The summed E-state index contributed by atoms with van der Waals surface area (Å²) in [7, 11) is 0. The minimum Gasteiger partial charge on any atom is -0.481 e. The zero-order valence-corrected chi connectivity index (χ0v) is 21.4. The molecule has 0 aromatic rings. The second kappa shape index (κ2) is 27.7. The standard InChI is InChI=1S/C30H54O2/c1-2-3-4-5-6-7-8-9-10-11-12-13-14-15-16-17-18-19-20-21-22-23-24-25-26-27-28-29-30(31)32/h5-6,21-22,25-26H,2-4,7-20,23-24,27-29H2,1H3,(H,31,32). The summed E-state index contributed by atoms with van der Waals surface area (Å²) >= 11 is 0. The molecule has 0 aliphatic carbocycles. The number of carbonyl (C=O) groups is 1. The second-order valence-electron chi connectivity index (χ2n) is 9.24. The predicted molar refractivity (Wildman–Crippen MR) is 142 cm³/mol. The first-order chi connectivity index (χ1) is 15.8. The minimum atomic E-state index is -0.695. The van der Waals surface area contributed by atoms with E-state index in [4.69, 9.17) is 5.11 Å². The highest BCUT2D eigenvalue weighted by atomic mass is 16.4. The van der Waals surface area contributed by atoms with E-state index in [1.807, 2.05) is 0 Å². The lowest BCUT2D eigenvalue weighted by molar-refractivity contribution is -0.137. The summed E-state index contributed by atoms with van der Waals surface area (Å²) in [4.78, 5) is 10.4. The maximum Gasteiger partial charge on any atom is 0.303 e. The lowest BCUT2D eigenvalue weighted by atomic mass is 10.0. The number of aliphatic carboxylic acids is 1. The maximum atomic E-state index is 10.4. The van der Waals surface area contributed by atoms with Crippen molar-refractivity contribution in [2.45, 2.75) is 148 Å². The third-order valence-electron chi connectivity index (χ3n) is 5.98. The van der Waals surface area contributed by atoms with Crippen LogP contribution in [0.2, 0.25) is 0 Å². The first-order valence-electron chi connectivity index (χ1n) is 13.9. The van der Waals surface area contributed by atoms with Crippen LogP contribution in [0.3, 0.4) is 0 Å². The first kappa shape index (κ1) is 30.7. The second-order valence-corrected chi connectivity index (χ2v) is 9.24. The van der Waals surface area contributed by atoms with Gasteiger partial charge in [0.15, 0.2) is 0 Å². The number of carboxylic acid groups (broad SMARTS) is 1. The third-order valence-corrected chi connectivity index (χ3v) is 5.98. The van der Waals surface area contributed by atoms with Crippen LogP contribution in [0.4, 0.5) is 0 Å². The predicted octanol–water partition coefficient (Wildman–Crippen LogP) is 10.3. The molecule has 0 spiro atoms. The molecule has 1 N–H and O–H groups in total. The summed E-state index contributed by atoms with van der Waals surface area (Å²) in [6.07, 6.45) is 41.1. The van der Waals surface area contributed by atoms with Gasteiger partial charge in [0.05, 0.1) is 0 Å². The number of hydrogen-bond donors (Lipinski definition) is 1. The van der Waals surface area contributed by atoms with E-state index >= 15 is 0 Å². The van der Waals surface area contributed by atoms with E-state index in [-0.39, 0.29) is 6.42 Å². The fourth-order valence-corrected chi connectivity index (χ4v) is 3.88. The van der Waals surface area contributed by atoms with E-state index in [1.165, 1.54) is 109 Å². The highest BCUT2D eigenvalue weighted by Crippen LogP contribution is 2.13. The van der Waals surface area contributed by atoms with E-state index in [9.17, 15) is 4.79 Å². The molecule has 0 radical (unpaired) electrons. The molecule has 0 aromatic carbocycles. The summed E-state index contributed by atoms with van der Waals surface area (Å²) in [5.74, 6) is -0.695. The summed E-state index contributed by atoms with van der Waals surface area (Å²) in [6, 6.07) is 0. The van der Waals surface area contributed by atoms with Gasteiger partial charge in [-0.05, 0) is 57.8 Å². The Morgan fingerprint density at radius 1 is 0.469 bits per heavy atom. The Hall–Kier alpha value is -1.31. The Kier molecular flexibility index (Phi) is 26.6. The quantitative estimate of drug-likeness (QED) is 0.112. The summed E-state index contributed by atoms with van der Waals surface area (Å²) in [6.45, 7) is 2.26. The smallest absolute Gasteiger partial charge is 0.303 e. The van der Waals surface area contributed by atoms with Gasteiger partial charge in [-0.3, -0.25) is 4.79 Å². The van der Waals surface area contributed by atoms with E-state index in [0.717, 1.165) is 25.7 Å². The number of carboxylic acids is 1. The van der Waals surface area contributed by atoms with Gasteiger partial charge >= 0.3 is 5.97 Å². The van der Waals surface area contributed by atoms with Crippen LogP contribution in [-0.2, 0) is 4.79 Å². The zero-order chi connectivity index (χ0) is 23.4. The summed E-state index contributed by atoms with van der Waals surface area (Å²) in [5.41, 5.74) is 0. The molecule has 0 unspecified atom stereocenters. The molecule has 0 atom stereocenters. The molecule has 186 valence electrons. The molecule has 0 bridgehead atoms. The number of unbranched alkanes of at least 4 members (excludes halogenated alkanes) is 17. The fourth-order valence-electron chi connectivity index (χ4n) is 3.88. The fraction of sp³-hybridized carbons (Fsp3) is 0.767. The topological polar surface area (TPSA) is 37.3 Å². The third kappa shape index (κ3) is 28.7. The first-order valence-corrected chi connectivity index (χ1v) is 13.9. The van der Waals surface area contributed by atoms with Crippen molar-refractivity contribution in [2.75, 3.05) is 0 Å². The van der Waals surface area contributed by atoms with Crippen LogP contribution < -0.4 is 0 Å². The van der Waals surface area contributed by atoms with Crippen molar-refractivity contribution >= 4 is 5.97 Å².